The highest BCUT2D eigenvalue weighted by atomic mass is 35.5. The summed E-state index contributed by atoms with van der Waals surface area (Å²) >= 11 is 3.64. The van der Waals surface area contributed by atoms with Crippen molar-refractivity contribution in [3.05, 3.63) is 48.5 Å². The molecule has 1 fully saturated rings. The Hall–Kier alpha value is -1.87. The lowest BCUT2D eigenvalue weighted by Crippen LogP contribution is -2.59. The maximum absolute atomic E-state index is 15.1. The zero-order chi connectivity index (χ0) is 21.1. The normalized spacial score (nSPS) is 24.0. The first kappa shape index (κ1) is 21.8. The zero-order valence-corrected chi connectivity index (χ0v) is 17.6. The Morgan fingerprint density at radius 2 is 1.93 bits per heavy atom. The van der Waals surface area contributed by atoms with Gasteiger partial charge in [-0.05, 0) is 44.2 Å². The Morgan fingerprint density at radius 3 is 2.62 bits per heavy atom. The third kappa shape index (κ3) is 4.35. The Balaban J connectivity index is 0.00000117. The third-order valence-corrected chi connectivity index (χ3v) is 7.10. The number of nitrogens with one attached hydrogen (secondary N) is 1. The van der Waals surface area contributed by atoms with E-state index in [0.717, 1.165) is 12.2 Å². The number of ether oxygens (including phenoxy) is 1. The van der Waals surface area contributed by atoms with Crippen molar-refractivity contribution in [1.82, 2.24) is 5.32 Å². The van der Waals surface area contributed by atoms with Gasteiger partial charge in [-0.1, -0.05) is 18.2 Å². The maximum atomic E-state index is 15.1. The van der Waals surface area contributed by atoms with Crippen molar-refractivity contribution < 1.29 is 22.2 Å². The molecular formula is C20H24ClFN2O4S. The molecule has 0 amide bonds. The van der Waals surface area contributed by atoms with Gasteiger partial charge in [-0.3, -0.25) is 4.66 Å². The van der Waals surface area contributed by atoms with Crippen LogP contribution in [0.3, 0.4) is 0 Å². The van der Waals surface area contributed by atoms with Gasteiger partial charge in [0.15, 0.2) is 0 Å². The molecule has 6 nitrogen and oxygen atoms in total. The number of nitrogens with zero attached hydrogens (tertiary/aromatic N) is 1. The number of sulfone groups is 1. The van der Waals surface area contributed by atoms with Gasteiger partial charge >= 0.3 is 0 Å². The number of piperidine rings is 1. The summed E-state index contributed by atoms with van der Waals surface area (Å²) in [4.78, 5) is 2.45. The minimum Gasteiger partial charge on any atom is -0.490 e. The van der Waals surface area contributed by atoms with Gasteiger partial charge in [0.2, 0.25) is 9.84 Å². The Bertz CT molecular complexity index is 941. The molecule has 2 aromatic rings. The summed E-state index contributed by atoms with van der Waals surface area (Å²) in [6.07, 6.45) is 0.691. The third-order valence-electron chi connectivity index (χ3n) is 5.33. The van der Waals surface area contributed by atoms with Crippen LogP contribution < -0.4 is 15.0 Å². The second-order valence-corrected chi connectivity index (χ2v) is 9.20. The van der Waals surface area contributed by atoms with Gasteiger partial charge < -0.3 is 15.0 Å². The molecule has 1 saturated heterocycles. The van der Waals surface area contributed by atoms with Crippen LogP contribution in [0.5, 0.6) is 5.75 Å². The topological polar surface area (TPSA) is 78.9 Å². The zero-order valence-electron chi connectivity index (χ0n) is 16.0. The van der Waals surface area contributed by atoms with E-state index < -0.39 is 15.5 Å². The molecule has 2 atom stereocenters. The molecule has 9 heteroatoms. The lowest BCUT2D eigenvalue weighted by Gasteiger charge is -2.45. The molecule has 2 aliphatic heterocycles. The lowest BCUT2D eigenvalue weighted by atomic mass is 9.90. The van der Waals surface area contributed by atoms with E-state index in [4.69, 9.17) is 9.40 Å². The van der Waals surface area contributed by atoms with E-state index in [9.17, 15) is 8.42 Å². The molecule has 0 bridgehead atoms. The molecule has 158 valence electrons. The Morgan fingerprint density at radius 1 is 1.21 bits per heavy atom. The largest absolute Gasteiger partial charge is 0.490 e. The molecule has 2 N–H and O–H groups in total. The molecule has 0 aromatic heterocycles. The van der Waals surface area contributed by atoms with Crippen molar-refractivity contribution in [1.29, 1.82) is 0 Å². The predicted octanol–water partition coefficient (Wildman–Crippen LogP) is 2.94. The molecule has 29 heavy (non-hydrogen) atoms. The molecule has 2 unspecified atom stereocenters. The maximum Gasteiger partial charge on any atom is 0.206 e. The molecular weight excluding hydrogens is 419 g/mol. The average molecular weight is 443 g/mol. The van der Waals surface area contributed by atoms with Gasteiger partial charge in [0.1, 0.15) is 18.0 Å². The first-order valence-corrected chi connectivity index (χ1v) is 11.1. The average Bonchev–Trinajstić information content (AvgIpc) is 2.75. The van der Waals surface area contributed by atoms with Gasteiger partial charge in [0, 0.05) is 12.6 Å². The fourth-order valence-corrected chi connectivity index (χ4v) is 5.22. The van der Waals surface area contributed by atoms with Crippen LogP contribution in [0.15, 0.2) is 58.3 Å². The van der Waals surface area contributed by atoms with Crippen molar-refractivity contribution in [3.8, 4) is 5.75 Å². The standard InChI is InChI=1S/C20H23FN2O3S.ClHO/c1-20(21)14-22-10-9-19(20)23-11-12-26-18-13-16(7-8-17(18)23)27(24,25)15-5-3-2-4-6-15;1-2/h2-8,13,19,22H,9-12,14H2,1H3;2H. The van der Waals surface area contributed by atoms with E-state index >= 15 is 4.39 Å². The SMILES string of the molecule is CC1(F)CNCCC1N1CCOc2cc(S(=O)(=O)c3ccccc3)ccc21.OCl. The summed E-state index contributed by atoms with van der Waals surface area (Å²) < 4.78 is 53.0. The number of halogens is 2. The number of hydrogen-bond donors (Lipinski definition) is 2. The van der Waals surface area contributed by atoms with Crippen LogP contribution in [0.4, 0.5) is 10.1 Å². The minimum atomic E-state index is -3.62. The summed E-state index contributed by atoms with van der Waals surface area (Å²) in [6.45, 7) is 3.68. The Kier molecular flexibility index (Phi) is 6.68. The molecule has 0 radical (unpaired) electrons. The van der Waals surface area contributed by atoms with Crippen LogP contribution in [0.1, 0.15) is 13.3 Å². The highest BCUT2D eigenvalue weighted by Crippen LogP contribution is 2.39. The summed E-state index contributed by atoms with van der Waals surface area (Å²) in [5.41, 5.74) is -0.606. The second kappa shape index (κ2) is 8.87. The first-order chi connectivity index (χ1) is 13.9. The van der Waals surface area contributed by atoms with E-state index in [1.165, 1.54) is 0 Å². The second-order valence-electron chi connectivity index (χ2n) is 7.25. The number of fused-ring (bicyclic) bond motifs is 1. The molecule has 2 aromatic carbocycles. The monoisotopic (exact) mass is 442 g/mol. The van der Waals surface area contributed by atoms with E-state index in [1.807, 2.05) is 4.90 Å². The summed E-state index contributed by atoms with van der Waals surface area (Å²) in [7, 11) is -3.62. The van der Waals surface area contributed by atoms with Crippen LogP contribution >= 0.6 is 11.9 Å². The number of rotatable bonds is 3. The number of alkyl halides is 1. The fraction of sp³-hybridized carbons (Fsp3) is 0.400. The minimum absolute atomic E-state index is 0.183. The number of anilines is 1. The molecule has 2 aliphatic rings. The van der Waals surface area contributed by atoms with Gasteiger partial charge in [0.05, 0.1) is 39.9 Å². The first-order valence-electron chi connectivity index (χ1n) is 9.30. The van der Waals surface area contributed by atoms with E-state index in [1.54, 1.807) is 55.5 Å². The molecule has 0 spiro atoms. The van der Waals surface area contributed by atoms with Gasteiger partial charge in [-0.15, -0.1) is 0 Å². The van der Waals surface area contributed by atoms with Crippen LogP contribution in [-0.2, 0) is 9.84 Å². The summed E-state index contributed by atoms with van der Waals surface area (Å²) in [5.74, 6) is 0.493. The van der Waals surface area contributed by atoms with Gasteiger partial charge in [-0.25, -0.2) is 12.8 Å². The van der Waals surface area contributed by atoms with E-state index in [0.29, 0.717) is 31.9 Å². The van der Waals surface area contributed by atoms with E-state index in [2.05, 4.69) is 17.2 Å². The highest BCUT2D eigenvalue weighted by Gasteiger charge is 2.42. The van der Waals surface area contributed by atoms with Crippen molar-refractivity contribution in [2.75, 3.05) is 31.1 Å². The van der Waals surface area contributed by atoms with Crippen LogP contribution in [-0.4, -0.2) is 51.0 Å². The molecule has 4 rings (SSSR count). The number of benzene rings is 2. The number of hydrogen-bond acceptors (Lipinski definition) is 6. The Labute approximate surface area is 175 Å². The quantitative estimate of drug-likeness (QED) is 0.761. The van der Waals surface area contributed by atoms with Crippen molar-refractivity contribution >= 4 is 27.4 Å². The molecule has 2 heterocycles. The summed E-state index contributed by atoms with van der Waals surface area (Å²) in [5, 5.41) is 3.10. The summed E-state index contributed by atoms with van der Waals surface area (Å²) in [6, 6.07) is 12.9. The van der Waals surface area contributed by atoms with Crippen molar-refractivity contribution in [2.24, 2.45) is 0 Å². The van der Waals surface area contributed by atoms with Crippen LogP contribution in [0, 0.1) is 0 Å². The van der Waals surface area contributed by atoms with E-state index in [-0.39, 0.29) is 15.8 Å². The predicted molar refractivity (Wildman–Crippen MR) is 110 cm³/mol. The van der Waals surface area contributed by atoms with Crippen molar-refractivity contribution in [2.45, 2.75) is 34.8 Å². The fourth-order valence-electron chi connectivity index (χ4n) is 3.92. The molecule has 0 saturated carbocycles. The van der Waals surface area contributed by atoms with Crippen LogP contribution in [0.2, 0.25) is 0 Å². The van der Waals surface area contributed by atoms with Gasteiger partial charge in [0.25, 0.3) is 0 Å². The van der Waals surface area contributed by atoms with Crippen molar-refractivity contribution in [3.63, 3.8) is 0 Å². The van der Waals surface area contributed by atoms with Crippen LogP contribution in [0.25, 0.3) is 0 Å². The smallest absolute Gasteiger partial charge is 0.206 e. The highest BCUT2D eigenvalue weighted by molar-refractivity contribution is 7.91. The molecule has 0 aliphatic carbocycles. The lowest BCUT2D eigenvalue weighted by molar-refractivity contribution is 0.107. The van der Waals surface area contributed by atoms with Gasteiger partial charge in [-0.2, -0.15) is 0 Å².